The number of nitrogens with one attached hydrogen (secondary N) is 1. The number of halogens is 3. The zero-order valence-electron chi connectivity index (χ0n) is 18.4. The fraction of sp³-hybridized carbons (Fsp3) is 0.208. The normalized spacial score (nSPS) is 11.6. The Hall–Kier alpha value is -3.46. The van der Waals surface area contributed by atoms with E-state index in [9.17, 15) is 22.8 Å². The SMILES string of the molecule is CC(=O)N(c1cccc(C(F)(F)F)c1)c1nc(/C=C/C(=O)Nc2c(C)cc(C)cc2C)cs1. The van der Waals surface area contributed by atoms with Gasteiger partial charge in [0.05, 0.1) is 16.9 Å². The van der Waals surface area contributed by atoms with E-state index in [0.29, 0.717) is 5.69 Å². The maximum Gasteiger partial charge on any atom is 0.416 e. The minimum absolute atomic E-state index is 0.0604. The summed E-state index contributed by atoms with van der Waals surface area (Å²) in [6, 6.07) is 8.44. The van der Waals surface area contributed by atoms with Gasteiger partial charge in [-0.2, -0.15) is 13.2 Å². The van der Waals surface area contributed by atoms with Crippen LogP contribution in [0.2, 0.25) is 0 Å². The molecule has 1 aromatic heterocycles. The number of rotatable bonds is 5. The fourth-order valence-corrected chi connectivity index (χ4v) is 4.26. The topological polar surface area (TPSA) is 62.3 Å². The monoisotopic (exact) mass is 473 g/mol. The van der Waals surface area contributed by atoms with E-state index in [1.54, 1.807) is 5.38 Å². The molecule has 5 nitrogen and oxygen atoms in total. The van der Waals surface area contributed by atoms with Gasteiger partial charge in [-0.1, -0.05) is 23.8 Å². The van der Waals surface area contributed by atoms with Gasteiger partial charge < -0.3 is 5.32 Å². The molecule has 1 heterocycles. The van der Waals surface area contributed by atoms with Crippen molar-refractivity contribution in [1.29, 1.82) is 0 Å². The van der Waals surface area contributed by atoms with E-state index in [4.69, 9.17) is 0 Å². The maximum atomic E-state index is 13.1. The van der Waals surface area contributed by atoms with E-state index in [-0.39, 0.29) is 16.7 Å². The molecule has 2 aromatic carbocycles. The molecule has 0 aliphatic heterocycles. The number of carbonyl (C=O) groups is 2. The summed E-state index contributed by atoms with van der Waals surface area (Å²) in [5, 5.41) is 4.67. The van der Waals surface area contributed by atoms with Crippen molar-refractivity contribution < 1.29 is 22.8 Å². The number of anilines is 3. The highest BCUT2D eigenvalue weighted by molar-refractivity contribution is 7.14. The largest absolute Gasteiger partial charge is 0.416 e. The molecule has 0 spiro atoms. The number of alkyl halides is 3. The van der Waals surface area contributed by atoms with Gasteiger partial charge in [0.15, 0.2) is 5.13 Å². The molecular weight excluding hydrogens is 451 g/mol. The van der Waals surface area contributed by atoms with Crippen molar-refractivity contribution in [2.75, 3.05) is 10.2 Å². The molecule has 0 saturated heterocycles. The van der Waals surface area contributed by atoms with Gasteiger partial charge in [-0.3, -0.25) is 14.5 Å². The van der Waals surface area contributed by atoms with Crippen LogP contribution in [0.5, 0.6) is 0 Å². The first-order valence-corrected chi connectivity index (χ1v) is 10.8. The Morgan fingerprint density at radius 2 is 1.76 bits per heavy atom. The second kappa shape index (κ2) is 9.58. The zero-order valence-corrected chi connectivity index (χ0v) is 19.3. The Labute approximate surface area is 193 Å². The number of aryl methyl sites for hydroxylation is 3. The average molecular weight is 474 g/mol. The minimum atomic E-state index is -4.53. The van der Waals surface area contributed by atoms with Crippen LogP contribution in [0.3, 0.4) is 0 Å². The van der Waals surface area contributed by atoms with Crippen molar-refractivity contribution in [3.63, 3.8) is 0 Å². The number of thiazole rings is 1. The summed E-state index contributed by atoms with van der Waals surface area (Å²) in [5.41, 5.74) is 3.34. The lowest BCUT2D eigenvalue weighted by molar-refractivity contribution is -0.137. The molecule has 0 aliphatic carbocycles. The molecule has 2 amide bonds. The summed E-state index contributed by atoms with van der Waals surface area (Å²) in [6.07, 6.45) is -1.73. The highest BCUT2D eigenvalue weighted by Crippen LogP contribution is 2.35. The van der Waals surface area contributed by atoms with Gasteiger partial charge >= 0.3 is 6.18 Å². The smallest absolute Gasteiger partial charge is 0.322 e. The molecule has 0 aliphatic rings. The van der Waals surface area contributed by atoms with E-state index >= 15 is 0 Å². The Morgan fingerprint density at radius 3 is 2.36 bits per heavy atom. The number of aromatic nitrogens is 1. The molecule has 9 heteroatoms. The molecule has 1 N–H and O–H groups in total. The van der Waals surface area contributed by atoms with Crippen molar-refractivity contribution in [3.05, 3.63) is 75.8 Å². The number of hydrogen-bond donors (Lipinski definition) is 1. The van der Waals surface area contributed by atoms with Gasteiger partial charge in [0, 0.05) is 24.1 Å². The fourth-order valence-electron chi connectivity index (χ4n) is 3.41. The van der Waals surface area contributed by atoms with E-state index in [1.165, 1.54) is 31.2 Å². The van der Waals surface area contributed by atoms with E-state index in [1.807, 2.05) is 32.9 Å². The predicted molar refractivity (Wildman–Crippen MR) is 125 cm³/mol. The van der Waals surface area contributed by atoms with E-state index < -0.39 is 17.6 Å². The Bertz CT molecular complexity index is 1210. The first-order valence-electron chi connectivity index (χ1n) is 9.96. The zero-order chi connectivity index (χ0) is 24.3. The number of amides is 2. The van der Waals surface area contributed by atoms with Crippen LogP contribution >= 0.6 is 11.3 Å². The van der Waals surface area contributed by atoms with Gasteiger partial charge in [0.25, 0.3) is 0 Å². The third-order valence-electron chi connectivity index (χ3n) is 4.78. The van der Waals surface area contributed by atoms with Crippen LogP contribution in [0, 0.1) is 20.8 Å². The van der Waals surface area contributed by atoms with Crippen LogP contribution < -0.4 is 10.2 Å². The predicted octanol–water partition coefficient (Wildman–Crippen LogP) is 6.42. The summed E-state index contributed by atoms with van der Waals surface area (Å²) in [5.74, 6) is -0.830. The summed E-state index contributed by atoms with van der Waals surface area (Å²) in [7, 11) is 0. The summed E-state index contributed by atoms with van der Waals surface area (Å²) < 4.78 is 39.2. The van der Waals surface area contributed by atoms with Gasteiger partial charge in [-0.15, -0.1) is 11.3 Å². The number of hydrogen-bond acceptors (Lipinski definition) is 4. The molecule has 3 rings (SSSR count). The van der Waals surface area contributed by atoms with Crippen molar-refractivity contribution >= 4 is 45.7 Å². The maximum absolute atomic E-state index is 13.1. The molecule has 0 radical (unpaired) electrons. The quantitative estimate of drug-likeness (QED) is 0.435. The number of benzene rings is 2. The average Bonchev–Trinajstić information content (AvgIpc) is 3.17. The molecule has 3 aromatic rings. The molecular formula is C24H22F3N3O2S. The third kappa shape index (κ3) is 5.87. The van der Waals surface area contributed by atoms with Crippen LogP contribution in [0.15, 0.2) is 47.9 Å². The standard InChI is InChI=1S/C24H22F3N3O2S/c1-14-10-15(2)22(16(3)11-14)29-21(32)9-8-19-13-33-23(28-19)30(17(4)31)20-7-5-6-18(12-20)24(25,26)27/h5-13H,1-4H3,(H,29,32)/b9-8+. The second-order valence-corrected chi connectivity index (χ2v) is 8.39. The van der Waals surface area contributed by atoms with Crippen molar-refractivity contribution in [2.24, 2.45) is 0 Å². The highest BCUT2D eigenvalue weighted by atomic mass is 32.1. The third-order valence-corrected chi connectivity index (χ3v) is 5.62. The minimum Gasteiger partial charge on any atom is -0.322 e. The van der Waals surface area contributed by atoms with E-state index in [2.05, 4.69) is 10.3 Å². The van der Waals surface area contributed by atoms with Crippen LogP contribution in [-0.4, -0.2) is 16.8 Å². The lowest BCUT2D eigenvalue weighted by Gasteiger charge is -2.19. The van der Waals surface area contributed by atoms with Crippen LogP contribution in [0.25, 0.3) is 6.08 Å². The molecule has 0 unspecified atom stereocenters. The first-order chi connectivity index (χ1) is 15.5. The first kappa shape index (κ1) is 24.2. The van der Waals surface area contributed by atoms with Gasteiger partial charge in [-0.05, 0) is 56.2 Å². The van der Waals surface area contributed by atoms with E-state index in [0.717, 1.165) is 50.7 Å². The summed E-state index contributed by atoms with van der Waals surface area (Å²) in [6.45, 7) is 7.05. The molecule has 0 bridgehead atoms. The summed E-state index contributed by atoms with van der Waals surface area (Å²) in [4.78, 5) is 30.0. The van der Waals surface area contributed by atoms with Crippen molar-refractivity contribution in [3.8, 4) is 0 Å². The van der Waals surface area contributed by atoms with Crippen LogP contribution in [0.1, 0.15) is 34.9 Å². The highest BCUT2D eigenvalue weighted by Gasteiger charge is 2.31. The Kier molecular flexibility index (Phi) is 7.02. The Balaban J connectivity index is 1.80. The Morgan fingerprint density at radius 1 is 1.09 bits per heavy atom. The number of carbonyl (C=O) groups excluding carboxylic acids is 2. The van der Waals surface area contributed by atoms with Gasteiger partial charge in [0.2, 0.25) is 11.8 Å². The van der Waals surface area contributed by atoms with Crippen LogP contribution in [0.4, 0.5) is 29.7 Å². The molecule has 0 saturated carbocycles. The van der Waals surface area contributed by atoms with Crippen molar-refractivity contribution in [1.82, 2.24) is 4.98 Å². The summed E-state index contributed by atoms with van der Waals surface area (Å²) >= 11 is 1.09. The van der Waals surface area contributed by atoms with Crippen molar-refractivity contribution in [2.45, 2.75) is 33.9 Å². The van der Waals surface area contributed by atoms with Gasteiger partial charge in [-0.25, -0.2) is 4.98 Å². The molecule has 33 heavy (non-hydrogen) atoms. The molecule has 0 fully saturated rings. The lowest BCUT2D eigenvalue weighted by Crippen LogP contribution is -2.23. The second-order valence-electron chi connectivity index (χ2n) is 7.55. The lowest BCUT2D eigenvalue weighted by atomic mass is 10.1. The van der Waals surface area contributed by atoms with Crippen LogP contribution in [-0.2, 0) is 15.8 Å². The molecule has 172 valence electrons. The van der Waals surface area contributed by atoms with Gasteiger partial charge in [0.1, 0.15) is 0 Å². The molecule has 0 atom stereocenters. The number of nitrogens with zero attached hydrogens (tertiary/aromatic N) is 2.